The van der Waals surface area contributed by atoms with Crippen molar-refractivity contribution in [2.75, 3.05) is 25.4 Å². The van der Waals surface area contributed by atoms with Gasteiger partial charge in [0.1, 0.15) is 5.82 Å². The van der Waals surface area contributed by atoms with Crippen molar-refractivity contribution in [2.24, 2.45) is 0 Å². The summed E-state index contributed by atoms with van der Waals surface area (Å²) in [5, 5.41) is 3.13. The van der Waals surface area contributed by atoms with E-state index in [9.17, 15) is 9.59 Å². The Morgan fingerprint density at radius 3 is 2.60 bits per heavy atom. The molecule has 1 aromatic rings. The Balaban J connectivity index is 1.55. The van der Waals surface area contributed by atoms with Gasteiger partial charge in [-0.2, -0.15) is 0 Å². The van der Waals surface area contributed by atoms with Crippen molar-refractivity contribution in [1.29, 1.82) is 0 Å². The first-order chi connectivity index (χ1) is 12.1. The van der Waals surface area contributed by atoms with E-state index in [2.05, 4.69) is 10.3 Å². The van der Waals surface area contributed by atoms with Crippen LogP contribution in [-0.2, 0) is 4.74 Å². The van der Waals surface area contributed by atoms with Gasteiger partial charge in [-0.15, -0.1) is 0 Å². The highest BCUT2D eigenvalue weighted by molar-refractivity contribution is 5.92. The molecule has 8 nitrogen and oxygen atoms in total. The lowest BCUT2D eigenvalue weighted by Gasteiger charge is -2.33. The minimum atomic E-state index is -0.493. The molecule has 2 fully saturated rings. The molecule has 1 aliphatic carbocycles. The van der Waals surface area contributed by atoms with Gasteiger partial charge in [0.15, 0.2) is 5.69 Å². The van der Waals surface area contributed by atoms with E-state index in [0.717, 1.165) is 25.7 Å². The molecule has 2 aliphatic rings. The van der Waals surface area contributed by atoms with Crippen LogP contribution in [0.15, 0.2) is 6.33 Å². The van der Waals surface area contributed by atoms with E-state index >= 15 is 0 Å². The Hall–Kier alpha value is -2.25. The van der Waals surface area contributed by atoms with Crippen molar-refractivity contribution < 1.29 is 14.3 Å². The zero-order valence-electron chi connectivity index (χ0n) is 14.7. The van der Waals surface area contributed by atoms with Gasteiger partial charge in [0.05, 0.1) is 12.9 Å². The first kappa shape index (κ1) is 17.6. The number of esters is 1. The van der Waals surface area contributed by atoms with Crippen LogP contribution in [0, 0.1) is 0 Å². The second-order valence-electron chi connectivity index (χ2n) is 6.76. The maximum atomic E-state index is 12.3. The molecule has 0 atom stereocenters. The largest absolute Gasteiger partial charge is 0.461 e. The zero-order chi connectivity index (χ0) is 17.8. The van der Waals surface area contributed by atoms with Gasteiger partial charge in [-0.3, -0.25) is 0 Å². The van der Waals surface area contributed by atoms with E-state index in [1.165, 1.54) is 12.8 Å². The van der Waals surface area contributed by atoms with Crippen LogP contribution in [-0.4, -0.2) is 52.2 Å². The van der Waals surface area contributed by atoms with Gasteiger partial charge in [-0.05, 0) is 32.6 Å². The molecule has 1 saturated carbocycles. The quantitative estimate of drug-likeness (QED) is 0.809. The number of carbonyl (C=O) groups excluding carboxylic acids is 2. The highest BCUT2D eigenvalue weighted by Crippen LogP contribution is 2.27. The van der Waals surface area contributed by atoms with E-state index in [1.54, 1.807) is 13.3 Å². The molecule has 0 aromatic carbocycles. The summed E-state index contributed by atoms with van der Waals surface area (Å²) in [7, 11) is 0. The van der Waals surface area contributed by atoms with Crippen LogP contribution < -0.4 is 11.1 Å². The average Bonchev–Trinajstić information content (AvgIpc) is 3.25. The number of nitrogens with zero attached hydrogens (tertiary/aromatic N) is 3. The molecule has 1 saturated heterocycles. The van der Waals surface area contributed by atoms with Gasteiger partial charge >= 0.3 is 12.0 Å². The van der Waals surface area contributed by atoms with Crippen molar-refractivity contribution in [3.63, 3.8) is 0 Å². The number of aromatic nitrogens is 2. The molecule has 0 radical (unpaired) electrons. The summed E-state index contributed by atoms with van der Waals surface area (Å²) in [6.45, 7) is 3.39. The standard InChI is InChI=1S/C17H27N5O3/c1-2-25-16(23)14-15(18)22(11-19-14)13-7-9-21(10-8-13)17(24)20-12-5-3-4-6-12/h11-13H,2-10,18H2,1H3,(H,20,24). The van der Waals surface area contributed by atoms with Crippen LogP contribution in [0.3, 0.4) is 0 Å². The Bertz CT molecular complexity index is 616. The first-order valence-electron chi connectivity index (χ1n) is 9.15. The van der Waals surface area contributed by atoms with Crippen LogP contribution in [0.25, 0.3) is 0 Å². The van der Waals surface area contributed by atoms with Crippen LogP contribution in [0.1, 0.15) is 62.0 Å². The molecule has 25 heavy (non-hydrogen) atoms. The van der Waals surface area contributed by atoms with E-state index in [4.69, 9.17) is 10.5 Å². The number of nitrogens with two attached hydrogens (primary N) is 1. The number of piperidine rings is 1. The molecule has 1 aliphatic heterocycles. The number of urea groups is 1. The number of hydrogen-bond acceptors (Lipinski definition) is 5. The molecule has 3 rings (SSSR count). The fraction of sp³-hybridized carbons (Fsp3) is 0.706. The average molecular weight is 349 g/mol. The van der Waals surface area contributed by atoms with Crippen LogP contribution in [0.4, 0.5) is 10.6 Å². The van der Waals surface area contributed by atoms with Crippen LogP contribution >= 0.6 is 0 Å². The van der Waals surface area contributed by atoms with E-state index < -0.39 is 5.97 Å². The van der Waals surface area contributed by atoms with Crippen molar-refractivity contribution in [3.05, 3.63) is 12.0 Å². The van der Waals surface area contributed by atoms with Gasteiger partial charge in [-0.1, -0.05) is 12.8 Å². The minimum absolute atomic E-state index is 0.0381. The normalized spacial score (nSPS) is 19.2. The summed E-state index contributed by atoms with van der Waals surface area (Å²) in [6, 6.07) is 0.518. The third-order valence-electron chi connectivity index (χ3n) is 5.13. The first-order valence-corrected chi connectivity index (χ1v) is 9.15. The molecule has 3 N–H and O–H groups in total. The second kappa shape index (κ2) is 7.76. The molecule has 138 valence electrons. The minimum Gasteiger partial charge on any atom is -0.461 e. The molecule has 8 heteroatoms. The van der Waals surface area contributed by atoms with Gasteiger partial charge < -0.3 is 25.3 Å². The number of nitrogen functional groups attached to an aromatic ring is 1. The van der Waals surface area contributed by atoms with Crippen molar-refractivity contribution in [1.82, 2.24) is 19.8 Å². The Morgan fingerprint density at radius 1 is 1.28 bits per heavy atom. The van der Waals surface area contributed by atoms with E-state index in [0.29, 0.717) is 31.6 Å². The molecule has 0 spiro atoms. The van der Waals surface area contributed by atoms with E-state index in [1.807, 2.05) is 9.47 Å². The number of imidazole rings is 1. The van der Waals surface area contributed by atoms with Gasteiger partial charge in [0, 0.05) is 25.2 Å². The smallest absolute Gasteiger partial charge is 0.360 e. The predicted octanol–water partition coefficient (Wildman–Crippen LogP) is 1.93. The van der Waals surface area contributed by atoms with Gasteiger partial charge in [0.2, 0.25) is 0 Å². The maximum absolute atomic E-state index is 12.3. The molecule has 2 amide bonds. The number of hydrogen-bond donors (Lipinski definition) is 2. The lowest BCUT2D eigenvalue weighted by Crippen LogP contribution is -2.47. The van der Waals surface area contributed by atoms with E-state index in [-0.39, 0.29) is 17.8 Å². The molecule has 2 heterocycles. The summed E-state index contributed by atoms with van der Waals surface area (Å²) >= 11 is 0. The van der Waals surface area contributed by atoms with Gasteiger partial charge in [0.25, 0.3) is 0 Å². The third kappa shape index (κ3) is 3.88. The fourth-order valence-corrected chi connectivity index (χ4v) is 3.70. The summed E-state index contributed by atoms with van der Waals surface area (Å²) in [4.78, 5) is 30.1. The van der Waals surface area contributed by atoms with Crippen LogP contribution in [0.2, 0.25) is 0 Å². The third-order valence-corrected chi connectivity index (χ3v) is 5.13. The molecular weight excluding hydrogens is 322 g/mol. The lowest BCUT2D eigenvalue weighted by molar-refractivity contribution is 0.0521. The summed E-state index contributed by atoms with van der Waals surface area (Å²) in [6.07, 6.45) is 7.77. The fourth-order valence-electron chi connectivity index (χ4n) is 3.70. The molecular formula is C17H27N5O3. The summed E-state index contributed by atoms with van der Waals surface area (Å²) < 4.78 is 6.80. The number of ether oxygens (including phenoxy) is 1. The number of amides is 2. The van der Waals surface area contributed by atoms with Crippen molar-refractivity contribution in [3.8, 4) is 0 Å². The van der Waals surface area contributed by atoms with Crippen molar-refractivity contribution >= 4 is 17.8 Å². The Kier molecular flexibility index (Phi) is 5.45. The highest BCUT2D eigenvalue weighted by Gasteiger charge is 2.28. The molecule has 0 unspecified atom stereocenters. The lowest BCUT2D eigenvalue weighted by atomic mass is 10.1. The number of nitrogens with one attached hydrogen (secondary N) is 1. The van der Waals surface area contributed by atoms with Crippen molar-refractivity contribution in [2.45, 2.75) is 57.5 Å². The topological polar surface area (TPSA) is 102 Å². The SMILES string of the molecule is CCOC(=O)c1ncn(C2CCN(C(=O)NC3CCCC3)CC2)c1N. The Morgan fingerprint density at radius 2 is 1.96 bits per heavy atom. The monoisotopic (exact) mass is 349 g/mol. The Labute approximate surface area is 147 Å². The summed E-state index contributed by atoms with van der Waals surface area (Å²) in [5.41, 5.74) is 6.25. The zero-order valence-corrected chi connectivity index (χ0v) is 14.7. The number of carbonyl (C=O) groups is 2. The highest BCUT2D eigenvalue weighted by atomic mass is 16.5. The second-order valence-corrected chi connectivity index (χ2v) is 6.76. The summed E-state index contributed by atoms with van der Waals surface area (Å²) in [5.74, 6) is -0.153. The van der Waals surface area contributed by atoms with Crippen LogP contribution in [0.5, 0.6) is 0 Å². The maximum Gasteiger partial charge on any atom is 0.360 e. The molecule has 0 bridgehead atoms. The number of rotatable bonds is 4. The number of anilines is 1. The molecule has 1 aromatic heterocycles. The number of likely N-dealkylation sites (tertiary alicyclic amines) is 1. The predicted molar refractivity (Wildman–Crippen MR) is 93.2 cm³/mol. The van der Waals surface area contributed by atoms with Gasteiger partial charge in [-0.25, -0.2) is 14.6 Å².